The number of hydrogen-bond donors (Lipinski definition) is 2. The van der Waals surface area contributed by atoms with Gasteiger partial charge >= 0.3 is 11.9 Å². The van der Waals surface area contributed by atoms with Crippen LogP contribution in [-0.2, 0) is 9.59 Å². The summed E-state index contributed by atoms with van der Waals surface area (Å²) in [6, 6.07) is 17.2. The zero-order valence-electron chi connectivity index (χ0n) is 18.5. The number of ether oxygens (including phenoxy) is 1. The van der Waals surface area contributed by atoms with Gasteiger partial charge in [-0.2, -0.15) is 0 Å². The van der Waals surface area contributed by atoms with Crippen LogP contribution in [0.5, 0.6) is 5.75 Å². The number of anilines is 1. The predicted octanol–water partition coefficient (Wildman–Crippen LogP) is 3.60. The summed E-state index contributed by atoms with van der Waals surface area (Å²) >= 11 is 0. The second-order valence-corrected chi connectivity index (χ2v) is 8.27. The summed E-state index contributed by atoms with van der Waals surface area (Å²) in [5.41, 5.74) is 3.71. The summed E-state index contributed by atoms with van der Waals surface area (Å²) < 4.78 is 6.28. The van der Waals surface area contributed by atoms with Crippen LogP contribution in [0.2, 0.25) is 0 Å². The second kappa shape index (κ2) is 10.8. The van der Waals surface area contributed by atoms with E-state index in [-0.39, 0.29) is 0 Å². The first-order chi connectivity index (χ1) is 15.3. The van der Waals surface area contributed by atoms with E-state index in [0.29, 0.717) is 18.3 Å². The topological polar surface area (TPSA) is 90.3 Å². The Morgan fingerprint density at radius 1 is 0.906 bits per heavy atom. The average Bonchev–Trinajstić information content (AvgIpc) is 2.79. The van der Waals surface area contributed by atoms with Gasteiger partial charge < -0.3 is 19.8 Å². The molecule has 2 N–H and O–H groups in total. The van der Waals surface area contributed by atoms with Gasteiger partial charge in [0, 0.05) is 38.5 Å². The highest BCUT2D eigenvalue weighted by Crippen LogP contribution is 2.31. The zero-order chi connectivity index (χ0) is 23.1. The SMILES string of the molecule is CN(C)c1ccc(-c2ccc(O[C@H]3CN4CCC3CC4)cc2)cc1.O=C(O)C=CC(=O)O. The van der Waals surface area contributed by atoms with E-state index in [1.807, 2.05) is 0 Å². The van der Waals surface area contributed by atoms with Crippen molar-refractivity contribution >= 4 is 17.6 Å². The molecule has 3 aliphatic heterocycles. The van der Waals surface area contributed by atoms with Crippen molar-refractivity contribution in [3.63, 3.8) is 0 Å². The average molecular weight is 439 g/mol. The number of carboxylic acid groups (broad SMARTS) is 2. The van der Waals surface area contributed by atoms with E-state index in [1.165, 1.54) is 42.7 Å². The maximum atomic E-state index is 9.55. The Labute approximate surface area is 188 Å². The van der Waals surface area contributed by atoms with E-state index in [0.717, 1.165) is 18.2 Å². The van der Waals surface area contributed by atoms with Crippen LogP contribution in [0.3, 0.4) is 0 Å². The van der Waals surface area contributed by atoms with Crippen LogP contribution in [0.4, 0.5) is 5.69 Å². The molecule has 0 saturated carbocycles. The summed E-state index contributed by atoms with van der Waals surface area (Å²) in [5.74, 6) is -0.768. The lowest BCUT2D eigenvalue weighted by Gasteiger charge is -2.44. The molecule has 2 bridgehead atoms. The molecule has 3 aliphatic rings. The third-order valence-corrected chi connectivity index (χ3v) is 5.82. The van der Waals surface area contributed by atoms with E-state index in [4.69, 9.17) is 14.9 Å². The predicted molar refractivity (Wildman–Crippen MR) is 124 cm³/mol. The van der Waals surface area contributed by atoms with Gasteiger partial charge in [-0.25, -0.2) is 9.59 Å². The van der Waals surface area contributed by atoms with Gasteiger partial charge in [0.1, 0.15) is 11.9 Å². The van der Waals surface area contributed by atoms with Gasteiger partial charge in [0.05, 0.1) is 0 Å². The number of hydrogen-bond acceptors (Lipinski definition) is 5. The fourth-order valence-corrected chi connectivity index (χ4v) is 4.04. The van der Waals surface area contributed by atoms with Crippen LogP contribution >= 0.6 is 0 Å². The Balaban J connectivity index is 0.000000312. The third kappa shape index (κ3) is 6.59. The van der Waals surface area contributed by atoms with Crippen LogP contribution in [0.15, 0.2) is 60.7 Å². The lowest BCUT2D eigenvalue weighted by Crippen LogP contribution is -2.52. The molecule has 32 heavy (non-hydrogen) atoms. The highest BCUT2D eigenvalue weighted by atomic mass is 16.5. The highest BCUT2D eigenvalue weighted by Gasteiger charge is 2.35. The Hall–Kier alpha value is -3.32. The van der Waals surface area contributed by atoms with Crippen LogP contribution < -0.4 is 9.64 Å². The zero-order valence-corrected chi connectivity index (χ0v) is 18.5. The highest BCUT2D eigenvalue weighted by molar-refractivity contribution is 5.89. The van der Waals surface area contributed by atoms with E-state index >= 15 is 0 Å². The summed E-state index contributed by atoms with van der Waals surface area (Å²) in [7, 11) is 4.13. The molecule has 0 unspecified atom stereocenters. The Kier molecular flexibility index (Phi) is 7.89. The number of piperidine rings is 3. The molecule has 0 spiro atoms. The van der Waals surface area contributed by atoms with Gasteiger partial charge in [0.15, 0.2) is 0 Å². The van der Waals surface area contributed by atoms with Crippen molar-refractivity contribution < 1.29 is 24.5 Å². The van der Waals surface area contributed by atoms with Crippen molar-refractivity contribution in [2.75, 3.05) is 38.6 Å². The maximum Gasteiger partial charge on any atom is 0.328 e. The molecule has 0 amide bonds. The summed E-state index contributed by atoms with van der Waals surface area (Å²) in [6.45, 7) is 3.61. The van der Waals surface area contributed by atoms with Gasteiger partial charge in [-0.3, -0.25) is 4.90 Å². The van der Waals surface area contributed by atoms with Gasteiger partial charge in [0.2, 0.25) is 0 Å². The molecule has 7 nitrogen and oxygen atoms in total. The number of fused-ring (bicyclic) bond motifs is 3. The molecule has 0 aromatic heterocycles. The first kappa shape index (κ1) is 23.3. The number of nitrogens with zero attached hydrogens (tertiary/aromatic N) is 2. The first-order valence-corrected chi connectivity index (χ1v) is 10.7. The Morgan fingerprint density at radius 3 is 1.81 bits per heavy atom. The molecule has 2 aromatic carbocycles. The van der Waals surface area contributed by atoms with Crippen molar-refractivity contribution in [2.24, 2.45) is 5.92 Å². The first-order valence-electron chi connectivity index (χ1n) is 10.7. The standard InChI is InChI=1S/C21H26N2O.C4H4O4/c1-22(2)19-7-3-16(4-8-19)17-5-9-20(10-6-17)24-21-15-23-13-11-18(21)12-14-23;5-3(6)1-2-4(7)8/h3-10,18,21H,11-15H2,1-2H3;1-2H,(H,5,6)(H,7,8)/t21-;/m0./s1. The van der Waals surface area contributed by atoms with Crippen molar-refractivity contribution in [1.29, 1.82) is 0 Å². The normalized spacial score (nSPS) is 21.5. The minimum absolute atomic E-state index is 0.373. The van der Waals surface area contributed by atoms with E-state index in [9.17, 15) is 9.59 Å². The van der Waals surface area contributed by atoms with Crippen molar-refractivity contribution in [3.05, 3.63) is 60.7 Å². The lowest BCUT2D eigenvalue weighted by molar-refractivity contribution is -0.134. The number of carboxylic acids is 2. The molecule has 3 heterocycles. The number of rotatable bonds is 6. The van der Waals surface area contributed by atoms with E-state index in [2.05, 4.69) is 72.4 Å². The van der Waals surface area contributed by atoms with Gasteiger partial charge in [-0.15, -0.1) is 0 Å². The maximum absolute atomic E-state index is 9.55. The molecule has 3 saturated heterocycles. The summed E-state index contributed by atoms with van der Waals surface area (Å²) in [5, 5.41) is 15.6. The minimum atomic E-state index is -1.26. The Morgan fingerprint density at radius 2 is 1.41 bits per heavy atom. The minimum Gasteiger partial charge on any atom is -0.489 e. The quantitative estimate of drug-likeness (QED) is 0.666. The largest absolute Gasteiger partial charge is 0.489 e. The smallest absolute Gasteiger partial charge is 0.328 e. The molecule has 0 radical (unpaired) electrons. The molecule has 170 valence electrons. The van der Waals surface area contributed by atoms with Crippen molar-refractivity contribution in [2.45, 2.75) is 18.9 Å². The van der Waals surface area contributed by atoms with Crippen molar-refractivity contribution in [1.82, 2.24) is 4.90 Å². The molecule has 5 rings (SSSR count). The fourth-order valence-electron chi connectivity index (χ4n) is 4.04. The van der Waals surface area contributed by atoms with Gasteiger partial charge in [0.25, 0.3) is 0 Å². The molecule has 3 fully saturated rings. The van der Waals surface area contributed by atoms with E-state index in [1.54, 1.807) is 0 Å². The summed E-state index contributed by atoms with van der Waals surface area (Å²) in [6.07, 6.45) is 4.07. The third-order valence-electron chi connectivity index (χ3n) is 5.82. The molecule has 0 aliphatic carbocycles. The van der Waals surface area contributed by atoms with Gasteiger partial charge in [-0.05, 0) is 67.2 Å². The van der Waals surface area contributed by atoms with Gasteiger partial charge in [-0.1, -0.05) is 24.3 Å². The van der Waals surface area contributed by atoms with Crippen LogP contribution in [0.25, 0.3) is 11.1 Å². The molecular formula is C25H30N2O5. The second-order valence-electron chi connectivity index (χ2n) is 8.27. The van der Waals surface area contributed by atoms with Crippen molar-refractivity contribution in [3.8, 4) is 16.9 Å². The monoisotopic (exact) mass is 438 g/mol. The number of benzene rings is 2. The lowest BCUT2D eigenvalue weighted by atomic mass is 9.86. The number of aliphatic carboxylic acids is 2. The van der Waals surface area contributed by atoms with E-state index < -0.39 is 11.9 Å². The van der Waals surface area contributed by atoms with Crippen LogP contribution in [0.1, 0.15) is 12.8 Å². The summed E-state index contributed by atoms with van der Waals surface area (Å²) in [4.78, 5) is 23.8. The molecule has 2 aromatic rings. The number of carbonyl (C=O) groups is 2. The van der Waals surface area contributed by atoms with Crippen LogP contribution in [0, 0.1) is 5.92 Å². The molecule has 1 atom stereocenters. The molecule has 7 heteroatoms. The Bertz CT molecular complexity index is 914. The fraction of sp³-hybridized carbons (Fsp3) is 0.360. The molecular weight excluding hydrogens is 408 g/mol. The van der Waals surface area contributed by atoms with Crippen LogP contribution in [-0.4, -0.2) is 66.9 Å².